The predicted octanol–water partition coefficient (Wildman–Crippen LogP) is 4.54. The van der Waals surface area contributed by atoms with Crippen molar-refractivity contribution < 1.29 is 26.7 Å². The molecule has 3 aromatic rings. The Morgan fingerprint density at radius 3 is 2.47 bits per heavy atom. The van der Waals surface area contributed by atoms with Crippen molar-refractivity contribution in [3.63, 3.8) is 0 Å². The molecule has 178 valence electrons. The van der Waals surface area contributed by atoms with E-state index in [0.29, 0.717) is 35.5 Å². The molecular weight excluding hydrogens is 491 g/mol. The summed E-state index contributed by atoms with van der Waals surface area (Å²) in [5.74, 6) is 2.36. The molecule has 1 aliphatic rings. The van der Waals surface area contributed by atoms with E-state index in [1.807, 2.05) is 0 Å². The first-order chi connectivity index (χ1) is 16.0. The number of H-pyrrole nitrogens is 1. The summed E-state index contributed by atoms with van der Waals surface area (Å²) >= 11 is 6.21. The van der Waals surface area contributed by atoms with Crippen molar-refractivity contribution in [1.82, 2.24) is 14.3 Å². The number of imidazole rings is 1. The average molecular weight is 510 g/mol. The summed E-state index contributed by atoms with van der Waals surface area (Å²) in [5.41, 5.74) is -0.0783. The number of hydrogen-bond acceptors (Lipinski definition) is 4. The molecule has 2 N–H and O–H groups in total. The number of aliphatic hydroxyl groups excluding tert-OH is 1. The normalized spacial score (nSPS) is 15.9. The highest BCUT2D eigenvalue weighted by Crippen LogP contribution is 2.35. The van der Waals surface area contributed by atoms with Crippen molar-refractivity contribution in [3.05, 3.63) is 58.7 Å². The second-order valence-electron chi connectivity index (χ2n) is 7.82. The zero-order valence-electron chi connectivity index (χ0n) is 17.6. The number of benzene rings is 2. The lowest BCUT2D eigenvalue weighted by molar-refractivity contribution is -0.137. The molecule has 0 amide bonds. The van der Waals surface area contributed by atoms with Crippen LogP contribution in [0.3, 0.4) is 0 Å². The van der Waals surface area contributed by atoms with Gasteiger partial charge in [0.2, 0.25) is 10.0 Å². The molecule has 0 spiro atoms. The van der Waals surface area contributed by atoms with Gasteiger partial charge in [0.15, 0.2) is 0 Å². The minimum absolute atomic E-state index is 0.0445. The fourth-order valence-electron chi connectivity index (χ4n) is 3.76. The molecule has 1 aromatic heterocycles. The number of aromatic nitrogens is 2. The second kappa shape index (κ2) is 9.07. The molecule has 0 unspecified atom stereocenters. The van der Waals surface area contributed by atoms with E-state index in [2.05, 4.69) is 15.9 Å². The number of rotatable bonds is 4. The fraction of sp³-hybridized carbons (Fsp3) is 0.261. The van der Waals surface area contributed by atoms with Crippen LogP contribution in [0.4, 0.5) is 13.2 Å². The lowest BCUT2D eigenvalue weighted by atomic mass is 10.0. The summed E-state index contributed by atoms with van der Waals surface area (Å²) in [6.07, 6.45) is 2.33. The van der Waals surface area contributed by atoms with Crippen LogP contribution in [0, 0.1) is 12.3 Å². The molecule has 4 rings (SSSR count). The predicted molar refractivity (Wildman–Crippen MR) is 121 cm³/mol. The summed E-state index contributed by atoms with van der Waals surface area (Å²) in [5, 5.41) is 9.71. The molecule has 0 bridgehead atoms. The molecule has 2 aromatic carbocycles. The van der Waals surface area contributed by atoms with Crippen LogP contribution in [0.5, 0.6) is 0 Å². The number of nitrogens with one attached hydrogen (secondary N) is 1. The van der Waals surface area contributed by atoms with Gasteiger partial charge in [-0.3, -0.25) is 0 Å². The number of alkyl halides is 3. The van der Waals surface area contributed by atoms with Gasteiger partial charge in [0.1, 0.15) is 10.7 Å². The summed E-state index contributed by atoms with van der Waals surface area (Å²) in [7, 11) is -3.90. The van der Waals surface area contributed by atoms with Crippen LogP contribution in [-0.2, 0) is 16.2 Å². The van der Waals surface area contributed by atoms with Crippen LogP contribution >= 0.6 is 11.6 Å². The summed E-state index contributed by atoms with van der Waals surface area (Å²) < 4.78 is 66.9. The Kier molecular flexibility index (Phi) is 6.48. The average Bonchev–Trinajstić information content (AvgIpc) is 3.29. The third-order valence-corrected chi connectivity index (χ3v) is 7.98. The van der Waals surface area contributed by atoms with Crippen LogP contribution in [0.15, 0.2) is 47.5 Å². The molecule has 6 nitrogen and oxygen atoms in total. The maximum atomic E-state index is 13.1. The molecule has 1 saturated heterocycles. The van der Waals surface area contributed by atoms with Crippen LogP contribution in [0.25, 0.3) is 22.6 Å². The molecular formula is C23H19ClF3N3O3S. The SMILES string of the molecule is C#Cc1cc(-c2c[nH]c(-c3ccc(Cl)c(S(=O)(=O)N4CCC(O)CC4)c3)n2)ccc1C(F)(F)F. The van der Waals surface area contributed by atoms with Gasteiger partial charge in [0.25, 0.3) is 0 Å². The third-order valence-electron chi connectivity index (χ3n) is 5.60. The Morgan fingerprint density at radius 2 is 1.82 bits per heavy atom. The minimum atomic E-state index is -4.57. The number of aromatic amines is 1. The highest BCUT2D eigenvalue weighted by molar-refractivity contribution is 7.89. The van der Waals surface area contributed by atoms with Crippen LogP contribution in [0.1, 0.15) is 24.0 Å². The van der Waals surface area contributed by atoms with Gasteiger partial charge in [-0.15, -0.1) is 6.42 Å². The van der Waals surface area contributed by atoms with Crippen LogP contribution in [-0.4, -0.2) is 47.0 Å². The Bertz CT molecular complexity index is 1370. The number of piperidine rings is 1. The molecule has 0 atom stereocenters. The fourth-order valence-corrected chi connectivity index (χ4v) is 5.73. The first-order valence-electron chi connectivity index (χ1n) is 10.2. The van der Waals surface area contributed by atoms with Crippen molar-refractivity contribution in [2.24, 2.45) is 0 Å². The highest BCUT2D eigenvalue weighted by Gasteiger charge is 2.33. The van der Waals surface area contributed by atoms with Gasteiger partial charge in [-0.2, -0.15) is 17.5 Å². The monoisotopic (exact) mass is 509 g/mol. The van der Waals surface area contributed by atoms with Crippen LogP contribution < -0.4 is 0 Å². The molecule has 11 heteroatoms. The highest BCUT2D eigenvalue weighted by atomic mass is 35.5. The first-order valence-corrected chi connectivity index (χ1v) is 12.0. The van der Waals surface area contributed by atoms with Crippen molar-refractivity contribution in [1.29, 1.82) is 0 Å². The lowest BCUT2D eigenvalue weighted by Crippen LogP contribution is -2.40. The zero-order chi connectivity index (χ0) is 24.7. The van der Waals surface area contributed by atoms with Crippen LogP contribution in [0.2, 0.25) is 5.02 Å². The molecule has 0 saturated carbocycles. The summed E-state index contributed by atoms with van der Waals surface area (Å²) in [6.45, 7) is 0.362. The van der Waals surface area contributed by atoms with Gasteiger partial charge in [-0.25, -0.2) is 13.4 Å². The Labute approximate surface area is 199 Å². The maximum absolute atomic E-state index is 13.1. The van der Waals surface area contributed by atoms with E-state index in [1.165, 1.54) is 34.8 Å². The second-order valence-corrected chi connectivity index (χ2v) is 10.1. The standard InChI is InChI=1S/C23H19ClF3N3O3S/c1-2-14-11-15(3-5-18(14)23(25,26)27)20-13-28-22(29-20)16-4-6-19(24)21(12-16)34(32,33)30-9-7-17(31)8-10-30/h1,3-6,11-13,17,31H,7-10H2,(H,28,29). The first kappa shape index (κ1) is 24.3. The number of sulfonamides is 1. The third kappa shape index (κ3) is 4.70. The summed E-state index contributed by atoms with van der Waals surface area (Å²) in [6, 6.07) is 7.83. The van der Waals surface area contributed by atoms with E-state index in [1.54, 1.807) is 6.07 Å². The van der Waals surface area contributed by atoms with Crippen molar-refractivity contribution >= 4 is 21.6 Å². The van der Waals surface area contributed by atoms with E-state index in [-0.39, 0.29) is 28.6 Å². The minimum Gasteiger partial charge on any atom is -0.393 e. The van der Waals surface area contributed by atoms with Gasteiger partial charge in [-0.05, 0) is 43.2 Å². The van der Waals surface area contributed by atoms with Gasteiger partial charge in [-0.1, -0.05) is 23.6 Å². The van der Waals surface area contributed by atoms with Crippen molar-refractivity contribution in [2.75, 3.05) is 13.1 Å². The van der Waals surface area contributed by atoms with E-state index in [4.69, 9.17) is 18.0 Å². The summed E-state index contributed by atoms with van der Waals surface area (Å²) in [4.78, 5) is 7.23. The van der Waals surface area contributed by atoms with Gasteiger partial charge in [0, 0.05) is 36.0 Å². The zero-order valence-corrected chi connectivity index (χ0v) is 19.2. The number of halogens is 4. The molecule has 0 aliphatic carbocycles. The molecule has 34 heavy (non-hydrogen) atoms. The quantitative estimate of drug-likeness (QED) is 0.505. The van der Waals surface area contributed by atoms with E-state index in [9.17, 15) is 26.7 Å². The van der Waals surface area contributed by atoms with Crippen molar-refractivity contribution in [3.8, 4) is 35.0 Å². The number of nitrogens with zero attached hydrogens (tertiary/aromatic N) is 2. The largest absolute Gasteiger partial charge is 0.417 e. The van der Waals surface area contributed by atoms with E-state index in [0.717, 1.165) is 6.07 Å². The Hall–Kier alpha value is -2.84. The van der Waals surface area contributed by atoms with Gasteiger partial charge in [0.05, 0.1) is 22.4 Å². The maximum Gasteiger partial charge on any atom is 0.417 e. The van der Waals surface area contributed by atoms with Crippen molar-refractivity contribution in [2.45, 2.75) is 30.0 Å². The lowest BCUT2D eigenvalue weighted by Gasteiger charge is -2.29. The Balaban J connectivity index is 1.67. The molecule has 1 aliphatic heterocycles. The van der Waals surface area contributed by atoms with Gasteiger partial charge >= 0.3 is 6.18 Å². The van der Waals surface area contributed by atoms with E-state index >= 15 is 0 Å². The van der Waals surface area contributed by atoms with Gasteiger partial charge < -0.3 is 10.1 Å². The molecule has 0 radical (unpaired) electrons. The number of hydrogen-bond donors (Lipinski definition) is 2. The Morgan fingerprint density at radius 1 is 1.15 bits per heavy atom. The molecule has 1 fully saturated rings. The van der Waals surface area contributed by atoms with E-state index < -0.39 is 27.9 Å². The number of terminal acetylenes is 1. The number of aliphatic hydroxyl groups is 1. The topological polar surface area (TPSA) is 86.3 Å². The smallest absolute Gasteiger partial charge is 0.393 e. The molecule has 2 heterocycles.